The van der Waals surface area contributed by atoms with Crippen molar-refractivity contribution in [2.75, 3.05) is 6.54 Å². The molecule has 18 heavy (non-hydrogen) atoms. The van der Waals surface area contributed by atoms with E-state index in [0.717, 1.165) is 30.9 Å². The molecule has 0 spiro atoms. The van der Waals surface area contributed by atoms with Crippen LogP contribution in [0.15, 0.2) is 24.3 Å². The molecule has 3 rings (SSSR count). The molecule has 2 heteroatoms. The Kier molecular flexibility index (Phi) is 2.93. The largest absolute Gasteiger partial charge is 0.314 e. The van der Waals surface area contributed by atoms with Gasteiger partial charge in [0, 0.05) is 6.04 Å². The highest BCUT2D eigenvalue weighted by Crippen LogP contribution is 2.51. The maximum atomic E-state index is 13.6. The van der Waals surface area contributed by atoms with Crippen LogP contribution in [0.2, 0.25) is 0 Å². The Balaban J connectivity index is 1.45. The van der Waals surface area contributed by atoms with Crippen molar-refractivity contribution < 1.29 is 4.39 Å². The molecule has 98 valence electrons. The van der Waals surface area contributed by atoms with Crippen LogP contribution in [-0.4, -0.2) is 12.6 Å². The molecule has 1 N–H and O–H groups in total. The van der Waals surface area contributed by atoms with E-state index in [1.807, 2.05) is 12.1 Å². The smallest absolute Gasteiger partial charge is 0.126 e. The first-order valence-corrected chi connectivity index (χ1v) is 7.04. The van der Waals surface area contributed by atoms with Gasteiger partial charge in [-0.2, -0.15) is 0 Å². The van der Waals surface area contributed by atoms with Crippen LogP contribution in [0, 0.1) is 17.2 Å². The van der Waals surface area contributed by atoms with Gasteiger partial charge in [-0.15, -0.1) is 0 Å². The Labute approximate surface area is 109 Å². The molecule has 2 saturated carbocycles. The third-order valence-electron chi connectivity index (χ3n) is 4.85. The third kappa shape index (κ3) is 2.31. The van der Waals surface area contributed by atoms with Crippen molar-refractivity contribution in [3.05, 3.63) is 35.6 Å². The summed E-state index contributed by atoms with van der Waals surface area (Å²) in [5, 5.41) is 3.63. The molecule has 0 aromatic heterocycles. The Morgan fingerprint density at radius 1 is 1.28 bits per heavy atom. The molecule has 0 heterocycles. The summed E-state index contributed by atoms with van der Waals surface area (Å²) in [6.07, 6.45) is 3.53. The minimum Gasteiger partial charge on any atom is -0.314 e. The fourth-order valence-corrected chi connectivity index (χ4v) is 3.08. The predicted octanol–water partition coefficient (Wildman–Crippen LogP) is 3.71. The molecule has 0 radical (unpaired) electrons. The van der Waals surface area contributed by atoms with Crippen molar-refractivity contribution in [1.82, 2.24) is 5.32 Å². The van der Waals surface area contributed by atoms with E-state index < -0.39 is 0 Å². The maximum absolute atomic E-state index is 13.6. The zero-order valence-electron chi connectivity index (χ0n) is 11.2. The van der Waals surface area contributed by atoms with Crippen LogP contribution in [-0.2, 0) is 0 Å². The lowest BCUT2D eigenvalue weighted by Crippen LogP contribution is -2.41. The molecule has 1 aromatic carbocycles. The molecule has 0 saturated heterocycles. The number of hydrogen-bond acceptors (Lipinski definition) is 1. The van der Waals surface area contributed by atoms with Gasteiger partial charge in [0.15, 0.2) is 0 Å². The minimum absolute atomic E-state index is 0.0377. The summed E-state index contributed by atoms with van der Waals surface area (Å²) >= 11 is 0. The van der Waals surface area contributed by atoms with Gasteiger partial charge in [-0.05, 0) is 54.7 Å². The van der Waals surface area contributed by atoms with E-state index in [1.54, 1.807) is 12.1 Å². The van der Waals surface area contributed by atoms with Crippen molar-refractivity contribution in [2.24, 2.45) is 11.3 Å². The highest BCUT2D eigenvalue weighted by molar-refractivity contribution is 5.24. The second kappa shape index (κ2) is 4.34. The molecule has 0 amide bonds. The van der Waals surface area contributed by atoms with E-state index in [-0.39, 0.29) is 5.82 Å². The summed E-state index contributed by atoms with van der Waals surface area (Å²) in [6.45, 7) is 5.81. The van der Waals surface area contributed by atoms with Crippen LogP contribution in [0.5, 0.6) is 0 Å². The first-order chi connectivity index (χ1) is 8.56. The molecule has 1 aromatic rings. The van der Waals surface area contributed by atoms with Gasteiger partial charge in [0.1, 0.15) is 5.82 Å². The molecule has 1 nitrogen and oxygen atoms in total. The van der Waals surface area contributed by atoms with Crippen LogP contribution in [0.4, 0.5) is 4.39 Å². The molecule has 2 aliphatic carbocycles. The fraction of sp³-hybridized carbons (Fsp3) is 0.625. The lowest BCUT2D eigenvalue weighted by atomic mass is 9.75. The quantitative estimate of drug-likeness (QED) is 0.855. The van der Waals surface area contributed by atoms with Gasteiger partial charge in [0.25, 0.3) is 0 Å². The average molecular weight is 247 g/mol. The number of benzene rings is 1. The summed E-state index contributed by atoms with van der Waals surface area (Å²) in [5.74, 6) is 1.24. The van der Waals surface area contributed by atoms with Gasteiger partial charge in [-0.25, -0.2) is 4.39 Å². The Bertz CT molecular complexity index is 434. The highest BCUT2D eigenvalue weighted by atomic mass is 19.1. The van der Waals surface area contributed by atoms with Crippen LogP contribution < -0.4 is 5.32 Å². The third-order valence-corrected chi connectivity index (χ3v) is 4.85. The highest BCUT2D eigenvalue weighted by Gasteiger charge is 2.45. The van der Waals surface area contributed by atoms with E-state index in [2.05, 4.69) is 19.2 Å². The Morgan fingerprint density at radius 3 is 2.56 bits per heavy atom. The van der Waals surface area contributed by atoms with Crippen molar-refractivity contribution in [3.63, 3.8) is 0 Å². The minimum atomic E-state index is -0.0377. The Hall–Kier alpha value is -0.890. The SMILES string of the molecule is CC1(C)CC1CNC1CC(c2ccccc2F)C1. The second-order valence-electron chi connectivity index (χ2n) is 6.68. The number of hydrogen-bond donors (Lipinski definition) is 1. The van der Waals surface area contributed by atoms with Gasteiger partial charge in [-0.3, -0.25) is 0 Å². The van der Waals surface area contributed by atoms with Crippen molar-refractivity contribution in [1.29, 1.82) is 0 Å². The van der Waals surface area contributed by atoms with Crippen molar-refractivity contribution >= 4 is 0 Å². The van der Waals surface area contributed by atoms with Gasteiger partial charge in [0.05, 0.1) is 0 Å². The fourth-order valence-electron chi connectivity index (χ4n) is 3.08. The Morgan fingerprint density at radius 2 is 1.94 bits per heavy atom. The number of nitrogens with one attached hydrogen (secondary N) is 1. The zero-order chi connectivity index (χ0) is 12.8. The molecular weight excluding hydrogens is 225 g/mol. The number of halogens is 1. The van der Waals surface area contributed by atoms with Crippen LogP contribution in [0.1, 0.15) is 44.6 Å². The molecule has 2 aliphatic rings. The molecule has 0 bridgehead atoms. The van der Waals surface area contributed by atoms with Gasteiger partial charge >= 0.3 is 0 Å². The van der Waals surface area contributed by atoms with E-state index in [0.29, 0.717) is 17.4 Å². The lowest BCUT2D eigenvalue weighted by molar-refractivity contribution is 0.279. The van der Waals surface area contributed by atoms with E-state index in [4.69, 9.17) is 0 Å². The normalized spacial score (nSPS) is 32.9. The molecular formula is C16H22FN. The summed E-state index contributed by atoms with van der Waals surface area (Å²) < 4.78 is 13.6. The standard InChI is InChI=1S/C16H22FN/c1-16(2)9-12(16)10-18-13-7-11(8-13)14-5-3-4-6-15(14)17/h3-6,11-13,18H,7-10H2,1-2H3. The van der Waals surface area contributed by atoms with Crippen LogP contribution >= 0.6 is 0 Å². The van der Waals surface area contributed by atoms with Crippen molar-refractivity contribution in [2.45, 2.75) is 45.1 Å². The molecule has 1 atom stereocenters. The summed E-state index contributed by atoms with van der Waals surface area (Å²) in [6, 6.07) is 7.81. The van der Waals surface area contributed by atoms with Gasteiger partial charge in [-0.1, -0.05) is 32.0 Å². The molecule has 0 aliphatic heterocycles. The van der Waals surface area contributed by atoms with Crippen molar-refractivity contribution in [3.8, 4) is 0 Å². The number of rotatable bonds is 4. The van der Waals surface area contributed by atoms with Crippen LogP contribution in [0.3, 0.4) is 0 Å². The molecule has 1 unspecified atom stereocenters. The van der Waals surface area contributed by atoms with E-state index in [1.165, 1.54) is 6.42 Å². The lowest BCUT2D eigenvalue weighted by Gasteiger charge is -2.36. The maximum Gasteiger partial charge on any atom is 0.126 e. The summed E-state index contributed by atoms with van der Waals surface area (Å²) in [7, 11) is 0. The zero-order valence-corrected chi connectivity index (χ0v) is 11.2. The summed E-state index contributed by atoms with van der Waals surface area (Å²) in [5.41, 5.74) is 1.46. The first-order valence-electron chi connectivity index (χ1n) is 7.04. The van der Waals surface area contributed by atoms with Gasteiger partial charge in [0.2, 0.25) is 0 Å². The second-order valence-corrected chi connectivity index (χ2v) is 6.68. The summed E-state index contributed by atoms with van der Waals surface area (Å²) in [4.78, 5) is 0. The average Bonchev–Trinajstić information content (AvgIpc) is 2.87. The van der Waals surface area contributed by atoms with E-state index >= 15 is 0 Å². The molecule has 2 fully saturated rings. The van der Waals surface area contributed by atoms with Crippen LogP contribution in [0.25, 0.3) is 0 Å². The predicted molar refractivity (Wildman–Crippen MR) is 72.1 cm³/mol. The van der Waals surface area contributed by atoms with Gasteiger partial charge < -0.3 is 5.32 Å². The first kappa shape index (κ1) is 12.2. The monoisotopic (exact) mass is 247 g/mol. The topological polar surface area (TPSA) is 12.0 Å². The van der Waals surface area contributed by atoms with E-state index in [9.17, 15) is 4.39 Å².